The van der Waals surface area contributed by atoms with Crippen LogP contribution in [0.3, 0.4) is 0 Å². The molecule has 1 atom stereocenters. The van der Waals surface area contributed by atoms with E-state index in [1.165, 1.54) is 25.7 Å². The van der Waals surface area contributed by atoms with Gasteiger partial charge in [0.2, 0.25) is 0 Å². The van der Waals surface area contributed by atoms with E-state index in [0.717, 1.165) is 17.8 Å². The van der Waals surface area contributed by atoms with Crippen molar-refractivity contribution in [2.45, 2.75) is 60.3 Å². The maximum atomic E-state index is 2.49. The molecular weight excluding hydrogens is 156 g/mol. The molecule has 13 heavy (non-hydrogen) atoms. The predicted molar refractivity (Wildman–Crippen MR) is 61.6 cm³/mol. The summed E-state index contributed by atoms with van der Waals surface area (Å²) < 4.78 is 0. The van der Waals surface area contributed by atoms with Crippen molar-refractivity contribution in [3.05, 3.63) is 6.42 Å². The average Bonchev–Trinajstić information content (AvgIpc) is 2.00. The SMILES string of the molecule is CC(C)C[CH]C(C)CCCC(C)C. The second kappa shape index (κ2) is 7.41. The van der Waals surface area contributed by atoms with Crippen LogP contribution in [0.5, 0.6) is 0 Å². The first-order valence-corrected chi connectivity index (χ1v) is 5.85. The summed E-state index contributed by atoms with van der Waals surface area (Å²) in [6.45, 7) is 11.5. The minimum atomic E-state index is 0.821. The molecule has 0 saturated heterocycles. The molecule has 0 nitrogen and oxygen atoms in total. The summed E-state index contributed by atoms with van der Waals surface area (Å²) in [6, 6.07) is 0. The molecule has 0 aromatic carbocycles. The molecule has 0 aliphatic carbocycles. The average molecular weight is 183 g/mol. The number of hydrogen-bond acceptors (Lipinski definition) is 0. The van der Waals surface area contributed by atoms with E-state index in [-0.39, 0.29) is 0 Å². The molecule has 0 N–H and O–H groups in total. The third-order valence-electron chi connectivity index (χ3n) is 2.45. The van der Waals surface area contributed by atoms with Gasteiger partial charge in [-0.3, -0.25) is 0 Å². The van der Waals surface area contributed by atoms with Crippen LogP contribution >= 0.6 is 0 Å². The molecule has 0 fully saturated rings. The summed E-state index contributed by atoms with van der Waals surface area (Å²) in [5, 5.41) is 0. The molecule has 0 amide bonds. The number of rotatable bonds is 7. The second-order valence-corrected chi connectivity index (χ2v) is 5.17. The highest BCUT2D eigenvalue weighted by atomic mass is 14.1. The summed E-state index contributed by atoms with van der Waals surface area (Å²) in [6.07, 6.45) is 7.94. The molecule has 1 unspecified atom stereocenters. The molecule has 0 heteroatoms. The summed E-state index contributed by atoms with van der Waals surface area (Å²) in [5.74, 6) is 2.52. The Kier molecular flexibility index (Phi) is 7.41. The van der Waals surface area contributed by atoms with Gasteiger partial charge in [0.05, 0.1) is 0 Å². The van der Waals surface area contributed by atoms with E-state index in [2.05, 4.69) is 41.0 Å². The maximum absolute atomic E-state index is 2.49. The van der Waals surface area contributed by atoms with Gasteiger partial charge >= 0.3 is 0 Å². The smallest absolute Gasteiger partial charge is 0.0355 e. The highest BCUT2D eigenvalue weighted by molar-refractivity contribution is 4.73. The summed E-state index contributed by atoms with van der Waals surface area (Å²) in [4.78, 5) is 0. The van der Waals surface area contributed by atoms with Gasteiger partial charge in [0.15, 0.2) is 0 Å². The van der Waals surface area contributed by atoms with Crippen LogP contribution in [0.2, 0.25) is 0 Å². The fraction of sp³-hybridized carbons (Fsp3) is 0.923. The molecular formula is C13H27. The van der Waals surface area contributed by atoms with Gasteiger partial charge in [-0.05, 0) is 30.6 Å². The van der Waals surface area contributed by atoms with Crippen molar-refractivity contribution < 1.29 is 0 Å². The zero-order chi connectivity index (χ0) is 10.3. The van der Waals surface area contributed by atoms with Crippen LogP contribution in [0.1, 0.15) is 60.3 Å². The van der Waals surface area contributed by atoms with Crippen molar-refractivity contribution in [3.8, 4) is 0 Å². The number of hydrogen-bond donors (Lipinski definition) is 0. The third kappa shape index (κ3) is 9.92. The van der Waals surface area contributed by atoms with Crippen LogP contribution in [-0.4, -0.2) is 0 Å². The van der Waals surface area contributed by atoms with Gasteiger partial charge in [-0.15, -0.1) is 0 Å². The van der Waals surface area contributed by atoms with Crippen molar-refractivity contribution in [2.24, 2.45) is 17.8 Å². The third-order valence-corrected chi connectivity index (χ3v) is 2.45. The standard InChI is InChI=1S/C13H27/c1-11(2)7-6-8-13(5)10-9-12(3)4/h10-13H,6-9H2,1-5H3. The van der Waals surface area contributed by atoms with Gasteiger partial charge in [0.25, 0.3) is 0 Å². The largest absolute Gasteiger partial charge is 0.0628 e. The lowest BCUT2D eigenvalue weighted by molar-refractivity contribution is 0.468. The Morgan fingerprint density at radius 2 is 1.46 bits per heavy atom. The lowest BCUT2D eigenvalue weighted by Gasteiger charge is -2.13. The Hall–Kier alpha value is 0. The van der Waals surface area contributed by atoms with Crippen LogP contribution in [0.4, 0.5) is 0 Å². The van der Waals surface area contributed by atoms with Gasteiger partial charge in [-0.25, -0.2) is 0 Å². The van der Waals surface area contributed by atoms with Gasteiger partial charge in [-0.1, -0.05) is 53.9 Å². The topological polar surface area (TPSA) is 0 Å². The Bertz CT molecular complexity index is 103. The first-order chi connectivity index (χ1) is 6.02. The minimum Gasteiger partial charge on any atom is -0.0628 e. The fourth-order valence-corrected chi connectivity index (χ4v) is 1.47. The van der Waals surface area contributed by atoms with E-state index >= 15 is 0 Å². The highest BCUT2D eigenvalue weighted by Gasteiger charge is 2.04. The van der Waals surface area contributed by atoms with Gasteiger partial charge in [0, 0.05) is 0 Å². The first kappa shape index (κ1) is 13.0. The van der Waals surface area contributed by atoms with Crippen molar-refractivity contribution in [1.29, 1.82) is 0 Å². The fourth-order valence-electron chi connectivity index (χ4n) is 1.47. The second-order valence-electron chi connectivity index (χ2n) is 5.17. The van der Waals surface area contributed by atoms with E-state index in [4.69, 9.17) is 0 Å². The molecule has 0 rings (SSSR count). The van der Waals surface area contributed by atoms with E-state index in [0.29, 0.717) is 0 Å². The molecule has 79 valence electrons. The monoisotopic (exact) mass is 183 g/mol. The van der Waals surface area contributed by atoms with E-state index in [9.17, 15) is 0 Å². The molecule has 0 saturated carbocycles. The molecule has 0 aliphatic rings. The quantitative estimate of drug-likeness (QED) is 0.536. The van der Waals surface area contributed by atoms with Crippen molar-refractivity contribution >= 4 is 0 Å². The zero-order valence-electron chi connectivity index (χ0n) is 10.1. The van der Waals surface area contributed by atoms with Crippen molar-refractivity contribution in [2.75, 3.05) is 0 Å². The van der Waals surface area contributed by atoms with Gasteiger partial charge < -0.3 is 0 Å². The predicted octanol–water partition coefficient (Wildman–Crippen LogP) is 4.70. The summed E-state index contributed by atoms with van der Waals surface area (Å²) in [7, 11) is 0. The first-order valence-electron chi connectivity index (χ1n) is 5.85. The lowest BCUT2D eigenvalue weighted by Crippen LogP contribution is -2.00. The lowest BCUT2D eigenvalue weighted by atomic mass is 9.93. The van der Waals surface area contributed by atoms with Gasteiger partial charge in [-0.2, -0.15) is 0 Å². The van der Waals surface area contributed by atoms with Crippen molar-refractivity contribution in [1.82, 2.24) is 0 Å². The van der Waals surface area contributed by atoms with Crippen LogP contribution in [-0.2, 0) is 0 Å². The molecule has 0 spiro atoms. The molecule has 0 aromatic heterocycles. The molecule has 0 aliphatic heterocycles. The summed E-state index contributed by atoms with van der Waals surface area (Å²) >= 11 is 0. The summed E-state index contributed by atoms with van der Waals surface area (Å²) in [5.41, 5.74) is 0. The van der Waals surface area contributed by atoms with Crippen LogP contribution in [0.25, 0.3) is 0 Å². The van der Waals surface area contributed by atoms with Crippen molar-refractivity contribution in [3.63, 3.8) is 0 Å². The molecule has 0 bridgehead atoms. The van der Waals surface area contributed by atoms with E-state index < -0.39 is 0 Å². The molecule has 1 radical (unpaired) electrons. The maximum Gasteiger partial charge on any atom is -0.0355 e. The minimum absolute atomic E-state index is 0.821. The molecule has 0 aromatic rings. The Labute approximate surface area is 85.1 Å². The normalized spacial score (nSPS) is 14.1. The molecule has 0 heterocycles. The van der Waals surface area contributed by atoms with E-state index in [1.54, 1.807) is 0 Å². The van der Waals surface area contributed by atoms with Crippen LogP contribution in [0.15, 0.2) is 0 Å². The zero-order valence-corrected chi connectivity index (χ0v) is 10.1. The highest BCUT2D eigenvalue weighted by Crippen LogP contribution is 2.17. The Morgan fingerprint density at radius 1 is 0.846 bits per heavy atom. The van der Waals surface area contributed by atoms with E-state index in [1.807, 2.05) is 0 Å². The Balaban J connectivity index is 3.25. The Morgan fingerprint density at radius 3 is 1.92 bits per heavy atom. The van der Waals surface area contributed by atoms with Crippen LogP contribution < -0.4 is 0 Å². The van der Waals surface area contributed by atoms with Crippen LogP contribution in [0, 0.1) is 24.2 Å². The van der Waals surface area contributed by atoms with Gasteiger partial charge in [0.1, 0.15) is 0 Å².